The van der Waals surface area contributed by atoms with Gasteiger partial charge in [0.1, 0.15) is 0 Å². The Morgan fingerprint density at radius 3 is 2.57 bits per heavy atom. The van der Waals surface area contributed by atoms with Crippen molar-refractivity contribution in [3.63, 3.8) is 0 Å². The summed E-state index contributed by atoms with van der Waals surface area (Å²) in [5, 5.41) is 7.28. The van der Waals surface area contributed by atoms with Gasteiger partial charge in [-0.3, -0.25) is 4.99 Å². The average Bonchev–Trinajstić information content (AvgIpc) is 2.89. The molecule has 5 heteroatoms. The van der Waals surface area contributed by atoms with Gasteiger partial charge in [0.2, 0.25) is 0 Å². The molecule has 0 bridgehead atoms. The summed E-state index contributed by atoms with van der Waals surface area (Å²) < 4.78 is 5.88. The highest BCUT2D eigenvalue weighted by molar-refractivity contribution is 14.0. The normalized spacial score (nSPS) is 30.2. The van der Waals surface area contributed by atoms with Crippen LogP contribution in [0.3, 0.4) is 0 Å². The third-order valence-corrected chi connectivity index (χ3v) is 5.27. The van der Waals surface area contributed by atoms with Crippen molar-refractivity contribution in [2.75, 3.05) is 13.2 Å². The second-order valence-corrected chi connectivity index (χ2v) is 8.03. The van der Waals surface area contributed by atoms with Gasteiger partial charge >= 0.3 is 0 Å². The Balaban J connectivity index is 0.00000264. The molecule has 0 spiro atoms. The highest BCUT2D eigenvalue weighted by atomic mass is 127. The van der Waals surface area contributed by atoms with E-state index in [0.29, 0.717) is 24.1 Å². The Morgan fingerprint density at radius 2 is 1.96 bits per heavy atom. The molecule has 2 aliphatic rings. The number of nitrogens with one attached hydrogen (secondary N) is 2. The lowest BCUT2D eigenvalue weighted by Gasteiger charge is -2.55. The average molecular weight is 437 g/mol. The van der Waals surface area contributed by atoms with Crippen molar-refractivity contribution in [3.05, 3.63) is 0 Å². The SMILES string of the molecule is CCN=C(NC(C)CCC(C)C)NC1C2CCOC2C1(C)C.I. The van der Waals surface area contributed by atoms with E-state index in [2.05, 4.69) is 57.2 Å². The fraction of sp³-hybridized carbons (Fsp3) is 0.944. The number of guanidine groups is 1. The van der Waals surface area contributed by atoms with Crippen molar-refractivity contribution in [2.24, 2.45) is 22.2 Å². The fourth-order valence-electron chi connectivity index (χ4n) is 3.94. The number of ether oxygens (including phenoxy) is 1. The molecule has 4 unspecified atom stereocenters. The molecule has 4 atom stereocenters. The summed E-state index contributed by atoms with van der Waals surface area (Å²) in [6.07, 6.45) is 4.03. The molecule has 0 aromatic rings. The van der Waals surface area contributed by atoms with Crippen molar-refractivity contribution < 1.29 is 4.74 Å². The van der Waals surface area contributed by atoms with E-state index in [1.54, 1.807) is 0 Å². The van der Waals surface area contributed by atoms with Crippen LogP contribution in [-0.2, 0) is 4.74 Å². The van der Waals surface area contributed by atoms with E-state index in [0.717, 1.165) is 25.0 Å². The van der Waals surface area contributed by atoms with Crippen molar-refractivity contribution in [1.29, 1.82) is 0 Å². The largest absolute Gasteiger partial charge is 0.377 e. The molecule has 0 amide bonds. The Labute approximate surface area is 159 Å². The van der Waals surface area contributed by atoms with Gasteiger partial charge in [-0.15, -0.1) is 24.0 Å². The Morgan fingerprint density at radius 1 is 1.26 bits per heavy atom. The molecule has 136 valence electrons. The summed E-state index contributed by atoms with van der Waals surface area (Å²) in [4.78, 5) is 4.65. The van der Waals surface area contributed by atoms with Gasteiger partial charge in [0.25, 0.3) is 0 Å². The number of fused-ring (bicyclic) bond motifs is 1. The van der Waals surface area contributed by atoms with Gasteiger partial charge in [0.15, 0.2) is 5.96 Å². The van der Waals surface area contributed by atoms with E-state index in [4.69, 9.17) is 4.74 Å². The van der Waals surface area contributed by atoms with Crippen LogP contribution in [0.15, 0.2) is 4.99 Å². The lowest BCUT2D eigenvalue weighted by atomic mass is 9.57. The number of hydrogen-bond acceptors (Lipinski definition) is 2. The van der Waals surface area contributed by atoms with Gasteiger partial charge < -0.3 is 15.4 Å². The van der Waals surface area contributed by atoms with Crippen LogP contribution >= 0.6 is 24.0 Å². The molecule has 4 nitrogen and oxygen atoms in total. The zero-order chi connectivity index (χ0) is 16.3. The van der Waals surface area contributed by atoms with E-state index in [-0.39, 0.29) is 29.4 Å². The monoisotopic (exact) mass is 437 g/mol. The minimum absolute atomic E-state index is 0. The summed E-state index contributed by atoms with van der Waals surface area (Å²) in [5.74, 6) is 2.37. The van der Waals surface area contributed by atoms with Crippen LogP contribution < -0.4 is 10.6 Å². The second-order valence-electron chi connectivity index (χ2n) is 8.03. The zero-order valence-corrected chi connectivity index (χ0v) is 18.0. The zero-order valence-electron chi connectivity index (χ0n) is 15.7. The van der Waals surface area contributed by atoms with E-state index in [1.807, 2.05) is 0 Å². The van der Waals surface area contributed by atoms with Crippen LogP contribution in [-0.4, -0.2) is 37.3 Å². The van der Waals surface area contributed by atoms with E-state index in [9.17, 15) is 0 Å². The Kier molecular flexibility index (Phi) is 8.11. The summed E-state index contributed by atoms with van der Waals surface area (Å²) >= 11 is 0. The highest BCUT2D eigenvalue weighted by Gasteiger charge is 2.59. The number of halogens is 1. The number of rotatable bonds is 6. The van der Waals surface area contributed by atoms with Crippen molar-refractivity contribution in [2.45, 2.75) is 79.0 Å². The van der Waals surface area contributed by atoms with Gasteiger partial charge in [-0.05, 0) is 39.0 Å². The lowest BCUT2D eigenvalue weighted by Crippen LogP contribution is -2.68. The molecule has 23 heavy (non-hydrogen) atoms. The van der Waals surface area contributed by atoms with Gasteiger partial charge in [-0.25, -0.2) is 0 Å². The van der Waals surface area contributed by atoms with Crippen molar-refractivity contribution >= 4 is 29.9 Å². The topological polar surface area (TPSA) is 45.7 Å². The molecule has 0 radical (unpaired) electrons. The second kappa shape index (κ2) is 8.88. The first-order valence-corrected chi connectivity index (χ1v) is 9.05. The third-order valence-electron chi connectivity index (χ3n) is 5.27. The first-order chi connectivity index (χ1) is 10.4. The van der Waals surface area contributed by atoms with Crippen LogP contribution in [0.4, 0.5) is 0 Å². The van der Waals surface area contributed by atoms with Gasteiger partial charge in [-0.1, -0.05) is 27.7 Å². The van der Waals surface area contributed by atoms with E-state index < -0.39 is 0 Å². The predicted molar refractivity (Wildman–Crippen MR) is 109 cm³/mol. The number of hydrogen-bond donors (Lipinski definition) is 2. The fourth-order valence-corrected chi connectivity index (χ4v) is 3.94. The molecular weight excluding hydrogens is 401 g/mol. The molecule has 1 saturated carbocycles. The quantitative estimate of drug-likeness (QED) is 0.378. The maximum Gasteiger partial charge on any atom is 0.191 e. The standard InChI is InChI=1S/C18H35N3O.HI/c1-7-19-17(20-13(4)9-8-12(2)3)21-15-14-10-11-22-16(14)18(15,5)6;/h12-16H,7-11H2,1-6H3,(H2,19,20,21);1H. The minimum Gasteiger partial charge on any atom is -0.377 e. The molecule has 2 fully saturated rings. The predicted octanol–water partition coefficient (Wildman–Crippen LogP) is 3.80. The number of nitrogens with zero attached hydrogens (tertiary/aromatic N) is 1. The molecule has 0 aromatic carbocycles. The minimum atomic E-state index is 0. The van der Waals surface area contributed by atoms with E-state index >= 15 is 0 Å². The summed E-state index contributed by atoms with van der Waals surface area (Å²) in [6.45, 7) is 15.2. The molecule has 1 heterocycles. The smallest absolute Gasteiger partial charge is 0.191 e. The van der Waals surface area contributed by atoms with Crippen molar-refractivity contribution in [3.8, 4) is 0 Å². The van der Waals surface area contributed by atoms with Gasteiger partial charge in [0, 0.05) is 36.6 Å². The maximum absolute atomic E-state index is 5.88. The molecular formula is C18H36IN3O. The Bertz CT molecular complexity index is 398. The first-order valence-electron chi connectivity index (χ1n) is 9.05. The molecule has 1 aliphatic heterocycles. The third kappa shape index (κ3) is 4.97. The first kappa shape index (κ1) is 21.0. The summed E-state index contributed by atoms with van der Waals surface area (Å²) in [7, 11) is 0. The molecule has 0 aromatic heterocycles. The van der Waals surface area contributed by atoms with E-state index in [1.165, 1.54) is 19.3 Å². The van der Waals surface area contributed by atoms with Crippen LogP contribution in [0.1, 0.15) is 60.8 Å². The Hall–Kier alpha value is -0.0400. The molecule has 2 rings (SSSR count). The van der Waals surface area contributed by atoms with Gasteiger partial charge in [0.05, 0.1) is 6.10 Å². The molecule has 2 N–H and O–H groups in total. The van der Waals surface area contributed by atoms with Crippen LogP contribution in [0, 0.1) is 17.3 Å². The number of aliphatic imine (C=N–C) groups is 1. The lowest BCUT2D eigenvalue weighted by molar-refractivity contribution is -0.106. The summed E-state index contributed by atoms with van der Waals surface area (Å²) in [6, 6.07) is 0.925. The van der Waals surface area contributed by atoms with Crippen LogP contribution in [0.2, 0.25) is 0 Å². The van der Waals surface area contributed by atoms with Crippen LogP contribution in [0.25, 0.3) is 0 Å². The molecule has 1 aliphatic carbocycles. The maximum atomic E-state index is 5.88. The summed E-state index contributed by atoms with van der Waals surface area (Å²) in [5.41, 5.74) is 0.193. The highest BCUT2D eigenvalue weighted by Crippen LogP contribution is 2.52. The van der Waals surface area contributed by atoms with Gasteiger partial charge in [-0.2, -0.15) is 0 Å². The molecule has 1 saturated heterocycles. The van der Waals surface area contributed by atoms with Crippen molar-refractivity contribution in [1.82, 2.24) is 10.6 Å². The van der Waals surface area contributed by atoms with Crippen LogP contribution in [0.5, 0.6) is 0 Å².